The third kappa shape index (κ3) is 3.01. The lowest BCUT2D eigenvalue weighted by atomic mass is 10.0. The second-order valence-electron chi connectivity index (χ2n) is 4.93. The Bertz CT molecular complexity index is 648. The highest BCUT2D eigenvalue weighted by atomic mass is 32.2. The van der Waals surface area contributed by atoms with E-state index >= 15 is 0 Å². The van der Waals surface area contributed by atoms with Gasteiger partial charge in [0.05, 0.1) is 0 Å². The molecule has 2 rings (SSSR count). The third-order valence-electron chi connectivity index (χ3n) is 3.54. The molecule has 21 heavy (non-hydrogen) atoms. The minimum absolute atomic E-state index is 0.156. The Labute approximate surface area is 123 Å². The number of nitrogen functional groups attached to an aromatic ring is 1. The molecular weight excluding hydrogens is 297 g/mol. The van der Waals surface area contributed by atoms with Gasteiger partial charge in [-0.05, 0) is 31.0 Å². The summed E-state index contributed by atoms with van der Waals surface area (Å²) in [6, 6.07) is 2.58. The van der Waals surface area contributed by atoms with Gasteiger partial charge in [-0.1, -0.05) is 6.42 Å². The van der Waals surface area contributed by atoms with Crippen molar-refractivity contribution in [2.24, 2.45) is 0 Å². The van der Waals surface area contributed by atoms with E-state index in [1.807, 2.05) is 0 Å². The summed E-state index contributed by atoms with van der Waals surface area (Å²) in [5, 5.41) is 2.45. The molecule has 0 saturated carbocycles. The van der Waals surface area contributed by atoms with Crippen LogP contribution >= 0.6 is 0 Å². The lowest BCUT2D eigenvalue weighted by Gasteiger charge is -2.33. The number of carbonyl (C=O) groups excluding carboxylic acids is 1. The predicted molar refractivity (Wildman–Crippen MR) is 76.4 cm³/mol. The van der Waals surface area contributed by atoms with Crippen molar-refractivity contribution in [1.29, 1.82) is 0 Å². The monoisotopic (exact) mass is 315 g/mol. The van der Waals surface area contributed by atoms with Gasteiger partial charge >= 0.3 is 0 Å². The number of nitrogens with one attached hydrogen (secondary N) is 1. The van der Waals surface area contributed by atoms with Gasteiger partial charge in [0.15, 0.2) is 0 Å². The lowest BCUT2D eigenvalue weighted by Crippen LogP contribution is -2.51. The first-order chi connectivity index (χ1) is 9.87. The van der Waals surface area contributed by atoms with Crippen molar-refractivity contribution in [2.75, 3.05) is 19.3 Å². The smallest absolute Gasteiger partial charge is 0.246 e. The minimum atomic E-state index is -4.10. The van der Waals surface area contributed by atoms with Gasteiger partial charge in [-0.25, -0.2) is 12.8 Å². The molecule has 3 N–H and O–H groups in total. The quantitative estimate of drug-likeness (QED) is 0.803. The van der Waals surface area contributed by atoms with E-state index in [0.29, 0.717) is 12.8 Å². The Morgan fingerprint density at radius 1 is 1.43 bits per heavy atom. The fraction of sp³-hybridized carbons (Fsp3) is 0.462. The normalized spacial score (nSPS) is 20.2. The molecular formula is C13H18FN3O3S. The van der Waals surface area contributed by atoms with Crippen LogP contribution in [0.3, 0.4) is 0 Å². The highest BCUT2D eigenvalue weighted by molar-refractivity contribution is 7.89. The van der Waals surface area contributed by atoms with Crippen LogP contribution in [0.15, 0.2) is 23.1 Å². The first-order valence-corrected chi connectivity index (χ1v) is 8.10. The maximum atomic E-state index is 13.9. The van der Waals surface area contributed by atoms with Gasteiger partial charge in [0, 0.05) is 19.3 Å². The molecule has 1 unspecified atom stereocenters. The summed E-state index contributed by atoms with van der Waals surface area (Å²) >= 11 is 0. The van der Waals surface area contributed by atoms with Crippen molar-refractivity contribution in [3.63, 3.8) is 0 Å². The maximum Gasteiger partial charge on any atom is 0.246 e. The second kappa shape index (κ2) is 5.98. The molecule has 1 aliphatic heterocycles. The van der Waals surface area contributed by atoms with Crippen LogP contribution in [0, 0.1) is 5.82 Å². The summed E-state index contributed by atoms with van der Waals surface area (Å²) in [6.07, 6.45) is 1.81. The van der Waals surface area contributed by atoms with E-state index in [9.17, 15) is 17.6 Å². The molecule has 1 amide bonds. The van der Waals surface area contributed by atoms with Gasteiger partial charge < -0.3 is 11.1 Å². The van der Waals surface area contributed by atoms with E-state index in [-0.39, 0.29) is 18.1 Å². The summed E-state index contributed by atoms with van der Waals surface area (Å²) in [4.78, 5) is 11.4. The van der Waals surface area contributed by atoms with E-state index in [4.69, 9.17) is 5.73 Å². The fourth-order valence-electron chi connectivity index (χ4n) is 2.47. The highest BCUT2D eigenvalue weighted by Gasteiger charge is 2.38. The Morgan fingerprint density at radius 3 is 2.81 bits per heavy atom. The zero-order chi connectivity index (χ0) is 15.6. The van der Waals surface area contributed by atoms with Crippen LogP contribution in [0.25, 0.3) is 0 Å². The molecule has 116 valence electrons. The number of hydrogen-bond donors (Lipinski definition) is 2. The molecule has 0 bridgehead atoms. The first-order valence-electron chi connectivity index (χ1n) is 6.66. The van der Waals surface area contributed by atoms with Gasteiger partial charge in [0.2, 0.25) is 15.9 Å². The van der Waals surface area contributed by atoms with Crippen LogP contribution in [0.5, 0.6) is 0 Å². The summed E-state index contributed by atoms with van der Waals surface area (Å²) < 4.78 is 40.2. The minimum Gasteiger partial charge on any atom is -0.399 e. The molecule has 6 nitrogen and oxygen atoms in total. The summed E-state index contributed by atoms with van der Waals surface area (Å²) in [6.45, 7) is 0.189. The molecule has 1 fully saturated rings. The van der Waals surface area contributed by atoms with Gasteiger partial charge in [-0.2, -0.15) is 4.31 Å². The number of sulfonamides is 1. The van der Waals surface area contributed by atoms with E-state index < -0.39 is 26.8 Å². The molecule has 1 aliphatic rings. The Kier molecular flexibility index (Phi) is 4.48. The number of halogens is 1. The van der Waals surface area contributed by atoms with Crippen LogP contribution in [-0.4, -0.2) is 38.3 Å². The van der Waals surface area contributed by atoms with Gasteiger partial charge in [-0.3, -0.25) is 4.79 Å². The molecule has 0 aliphatic carbocycles. The van der Waals surface area contributed by atoms with Crippen LogP contribution in [0.2, 0.25) is 0 Å². The maximum absolute atomic E-state index is 13.9. The SMILES string of the molecule is CNC(=O)C1CCCCN1S(=O)(=O)c1cc(N)ccc1F. The number of nitrogens with zero attached hydrogens (tertiary/aromatic N) is 1. The van der Waals surface area contributed by atoms with Crippen molar-refractivity contribution in [3.05, 3.63) is 24.0 Å². The Balaban J connectivity index is 2.45. The van der Waals surface area contributed by atoms with Crippen LogP contribution in [0.1, 0.15) is 19.3 Å². The number of anilines is 1. The molecule has 1 aromatic rings. The van der Waals surface area contributed by atoms with Crippen LogP contribution < -0.4 is 11.1 Å². The zero-order valence-corrected chi connectivity index (χ0v) is 12.5. The number of hydrogen-bond acceptors (Lipinski definition) is 4. The molecule has 1 saturated heterocycles. The number of likely N-dealkylation sites (N-methyl/N-ethyl adjacent to an activating group) is 1. The molecule has 1 atom stereocenters. The van der Waals surface area contributed by atoms with Crippen LogP contribution in [0.4, 0.5) is 10.1 Å². The molecule has 0 aromatic heterocycles. The van der Waals surface area contributed by atoms with E-state index in [2.05, 4.69) is 5.32 Å². The number of benzene rings is 1. The first kappa shape index (κ1) is 15.7. The molecule has 0 spiro atoms. The highest BCUT2D eigenvalue weighted by Crippen LogP contribution is 2.28. The summed E-state index contributed by atoms with van der Waals surface area (Å²) in [7, 11) is -2.65. The number of rotatable bonds is 3. The Morgan fingerprint density at radius 2 is 2.14 bits per heavy atom. The largest absolute Gasteiger partial charge is 0.399 e. The van der Waals surface area contributed by atoms with E-state index in [1.54, 1.807) is 0 Å². The molecule has 8 heteroatoms. The number of carbonyl (C=O) groups is 1. The van der Waals surface area contributed by atoms with Crippen molar-refractivity contribution < 1.29 is 17.6 Å². The number of piperidine rings is 1. The van der Waals surface area contributed by atoms with E-state index in [0.717, 1.165) is 22.9 Å². The van der Waals surface area contributed by atoms with Gasteiger partial charge in [0.1, 0.15) is 16.8 Å². The van der Waals surface area contributed by atoms with Gasteiger partial charge in [-0.15, -0.1) is 0 Å². The van der Waals surface area contributed by atoms with Crippen molar-refractivity contribution in [2.45, 2.75) is 30.2 Å². The number of amides is 1. The van der Waals surface area contributed by atoms with Crippen molar-refractivity contribution in [3.8, 4) is 0 Å². The molecule has 0 radical (unpaired) electrons. The predicted octanol–water partition coefficient (Wildman–Crippen LogP) is 0.697. The fourth-order valence-corrected chi connectivity index (χ4v) is 4.22. The average Bonchev–Trinajstić information content (AvgIpc) is 2.48. The Hall–Kier alpha value is -1.67. The molecule has 1 heterocycles. The lowest BCUT2D eigenvalue weighted by molar-refractivity contribution is -0.125. The third-order valence-corrected chi connectivity index (χ3v) is 5.47. The van der Waals surface area contributed by atoms with E-state index in [1.165, 1.54) is 13.1 Å². The van der Waals surface area contributed by atoms with Gasteiger partial charge in [0.25, 0.3) is 0 Å². The summed E-state index contributed by atoms with van der Waals surface area (Å²) in [5.74, 6) is -1.26. The van der Waals surface area contributed by atoms with Crippen LogP contribution in [-0.2, 0) is 14.8 Å². The van der Waals surface area contributed by atoms with Crippen molar-refractivity contribution >= 4 is 21.6 Å². The zero-order valence-electron chi connectivity index (χ0n) is 11.7. The average molecular weight is 315 g/mol. The second-order valence-corrected chi connectivity index (χ2v) is 6.79. The number of nitrogens with two attached hydrogens (primary N) is 1. The van der Waals surface area contributed by atoms with Crippen molar-refractivity contribution in [1.82, 2.24) is 9.62 Å². The summed E-state index contributed by atoms with van der Waals surface area (Å²) in [5.41, 5.74) is 5.70. The topological polar surface area (TPSA) is 92.5 Å². The molecule has 1 aromatic carbocycles. The standard InChI is InChI=1S/C13H18FN3O3S/c1-16-13(18)11-4-2-3-7-17(11)21(19,20)12-8-9(15)5-6-10(12)14/h5-6,8,11H,2-4,7,15H2,1H3,(H,16,18).